The number of amides is 1. The Hall–Kier alpha value is 0.242. The molecule has 2 fully saturated rings. The molecule has 0 aromatic heterocycles. The number of hydrogen-bond acceptors (Lipinski definition) is 3. The van der Waals surface area contributed by atoms with Gasteiger partial charge in [0, 0.05) is 49.7 Å². The van der Waals surface area contributed by atoms with Crippen LogP contribution in [0.3, 0.4) is 0 Å². The Morgan fingerprint density at radius 2 is 1.87 bits per heavy atom. The van der Waals surface area contributed by atoms with Gasteiger partial charge in [-0.3, -0.25) is 4.90 Å². The number of anilines is 1. The zero-order valence-electron chi connectivity index (χ0n) is 13.8. The topological polar surface area (TPSA) is 53.3 Å². The van der Waals surface area contributed by atoms with E-state index in [0.29, 0.717) is 12.5 Å². The van der Waals surface area contributed by atoms with Crippen LogP contribution in [0.5, 0.6) is 0 Å². The molecule has 0 aliphatic carbocycles. The van der Waals surface area contributed by atoms with Crippen LogP contribution in [0.15, 0.2) is 12.1 Å². The summed E-state index contributed by atoms with van der Waals surface area (Å²) in [6, 6.07) is 4.22. The predicted molar refractivity (Wildman–Crippen MR) is 92.0 cm³/mol. The molecule has 1 N–H and O–H groups in total. The summed E-state index contributed by atoms with van der Waals surface area (Å²) in [5, 5.41) is 0. The number of carbonyl (C=O) groups is 1. The molecule has 123 valence electrons. The minimum atomic E-state index is -0.321. The Morgan fingerprint density at radius 3 is 2.39 bits per heavy atom. The fraction of sp³-hybridized carbons (Fsp3) is 0.588. The number of nitrogens with one attached hydrogen (secondary N) is 1. The van der Waals surface area contributed by atoms with Gasteiger partial charge >= 0.3 is 6.09 Å². The van der Waals surface area contributed by atoms with E-state index in [1.807, 2.05) is 11.8 Å². The molecule has 0 unspecified atom stereocenters. The van der Waals surface area contributed by atoms with E-state index >= 15 is 0 Å². The third-order valence-electron chi connectivity index (χ3n) is 4.62. The molecule has 1 aromatic carbocycles. The first-order valence-electron chi connectivity index (χ1n) is 7.91. The number of thioether (sulfide) groups is 1. The molecule has 6 heteroatoms. The SMILES string of the molecule is Cc1cc(N2C[C@H](C[NH-])OC2=O)cc(C)c1C1CCSCC1.[Ac]. The number of hydrogen-bond donors (Lipinski definition) is 0. The number of benzene rings is 1. The van der Waals surface area contributed by atoms with Crippen molar-refractivity contribution >= 4 is 23.5 Å². The van der Waals surface area contributed by atoms with E-state index in [1.54, 1.807) is 4.90 Å². The zero-order valence-corrected chi connectivity index (χ0v) is 19.4. The third kappa shape index (κ3) is 4.26. The Labute approximate surface area is 178 Å². The summed E-state index contributed by atoms with van der Waals surface area (Å²) in [5.74, 6) is 3.14. The van der Waals surface area contributed by atoms with Gasteiger partial charge in [0.05, 0.1) is 6.54 Å². The molecule has 3 rings (SSSR count). The van der Waals surface area contributed by atoms with Crippen LogP contribution in [0.25, 0.3) is 5.73 Å². The minimum absolute atomic E-state index is 0. The smallest absolute Gasteiger partial charge is 0.414 e. The van der Waals surface area contributed by atoms with E-state index < -0.39 is 0 Å². The number of ether oxygens (including phenoxy) is 1. The van der Waals surface area contributed by atoms with Gasteiger partial charge in [0.15, 0.2) is 0 Å². The van der Waals surface area contributed by atoms with Crippen molar-refractivity contribution in [2.45, 2.75) is 38.7 Å². The first kappa shape index (κ1) is 19.6. The molecule has 0 bridgehead atoms. The first-order valence-corrected chi connectivity index (χ1v) is 9.07. The van der Waals surface area contributed by atoms with Crippen molar-refractivity contribution in [1.82, 2.24) is 0 Å². The Balaban J connectivity index is 0.00000192. The first-order chi connectivity index (χ1) is 10.6. The Bertz CT molecular complexity index is 553. The Morgan fingerprint density at radius 1 is 1.26 bits per heavy atom. The monoisotopic (exact) mass is 546 g/mol. The average molecular weight is 546 g/mol. The molecule has 1 aromatic rings. The summed E-state index contributed by atoms with van der Waals surface area (Å²) in [6.45, 7) is 4.91. The van der Waals surface area contributed by atoms with Gasteiger partial charge in [0.1, 0.15) is 6.10 Å². The van der Waals surface area contributed by atoms with E-state index in [-0.39, 0.29) is 62.8 Å². The normalized spacial score (nSPS) is 22.0. The number of rotatable bonds is 3. The maximum absolute atomic E-state index is 12.0. The fourth-order valence-electron chi connectivity index (χ4n) is 3.58. The van der Waals surface area contributed by atoms with Gasteiger partial charge in [-0.2, -0.15) is 11.8 Å². The molecule has 4 nitrogen and oxygen atoms in total. The molecule has 2 saturated heterocycles. The van der Waals surface area contributed by atoms with Crippen LogP contribution in [0.4, 0.5) is 10.5 Å². The number of aryl methyl sites for hydroxylation is 2. The number of carbonyl (C=O) groups excluding carboxylic acids is 1. The molecule has 23 heavy (non-hydrogen) atoms. The van der Waals surface area contributed by atoms with Crippen LogP contribution in [0.1, 0.15) is 35.4 Å². The standard InChI is InChI=1S/C17H23N2O2S.Ac/c1-11-7-14(19-10-15(9-18)21-17(19)20)8-12(2)16(11)13-3-5-22-6-4-13;/h7-8,13,15,18H,3-6,9-10H2,1-2H3;/q-1;/t15-;/m0./s1. The summed E-state index contributed by atoms with van der Waals surface area (Å²) in [6.07, 6.45) is 1.87. The molecule has 2 aliphatic heterocycles. The second-order valence-electron chi connectivity index (χ2n) is 6.20. The zero-order chi connectivity index (χ0) is 15.7. The Kier molecular flexibility index (Phi) is 7.28. The third-order valence-corrected chi connectivity index (χ3v) is 5.67. The van der Waals surface area contributed by atoms with Crippen LogP contribution in [0.2, 0.25) is 0 Å². The van der Waals surface area contributed by atoms with Gasteiger partial charge in [-0.15, -0.1) is 6.54 Å². The second kappa shape index (κ2) is 8.56. The molecule has 0 saturated carbocycles. The van der Waals surface area contributed by atoms with Crippen LogP contribution in [-0.2, 0) is 4.74 Å². The molecular weight excluding hydrogens is 523 g/mol. The van der Waals surface area contributed by atoms with Gasteiger partial charge < -0.3 is 10.5 Å². The van der Waals surface area contributed by atoms with Crippen molar-refractivity contribution < 1.29 is 53.6 Å². The molecular formula is C17H23AcN2O2S-. The number of cyclic esters (lactones) is 1. The van der Waals surface area contributed by atoms with Crippen molar-refractivity contribution in [2.75, 3.05) is 29.5 Å². The van der Waals surface area contributed by atoms with Crippen molar-refractivity contribution in [1.29, 1.82) is 0 Å². The summed E-state index contributed by atoms with van der Waals surface area (Å²) < 4.78 is 5.20. The largest absolute Gasteiger partial charge is 0.674 e. The fourth-order valence-corrected chi connectivity index (χ4v) is 4.68. The van der Waals surface area contributed by atoms with Gasteiger partial charge in [-0.05, 0) is 72.9 Å². The summed E-state index contributed by atoms with van der Waals surface area (Å²) >= 11 is 2.04. The van der Waals surface area contributed by atoms with Gasteiger partial charge in [0.25, 0.3) is 0 Å². The quantitative estimate of drug-likeness (QED) is 0.569. The maximum atomic E-state index is 12.0. The average Bonchev–Trinajstić information content (AvgIpc) is 2.89. The minimum Gasteiger partial charge on any atom is -0.674 e. The maximum Gasteiger partial charge on any atom is 0.414 e. The van der Waals surface area contributed by atoms with E-state index in [0.717, 1.165) is 5.69 Å². The second-order valence-corrected chi connectivity index (χ2v) is 7.43. The van der Waals surface area contributed by atoms with E-state index in [1.165, 1.54) is 41.0 Å². The number of nitrogens with zero attached hydrogens (tertiary/aromatic N) is 1. The van der Waals surface area contributed by atoms with Gasteiger partial charge in [-0.1, -0.05) is 0 Å². The predicted octanol–water partition coefficient (Wildman–Crippen LogP) is 4.29. The van der Waals surface area contributed by atoms with Crippen LogP contribution >= 0.6 is 11.8 Å². The summed E-state index contributed by atoms with van der Waals surface area (Å²) in [4.78, 5) is 13.6. The molecule has 2 aliphatic rings. The van der Waals surface area contributed by atoms with Gasteiger partial charge in [0.2, 0.25) is 0 Å². The molecule has 1 atom stereocenters. The molecule has 0 spiro atoms. The molecule has 1 radical (unpaired) electrons. The van der Waals surface area contributed by atoms with Crippen molar-refractivity contribution in [2.24, 2.45) is 0 Å². The van der Waals surface area contributed by atoms with Crippen LogP contribution in [-0.4, -0.2) is 36.8 Å². The van der Waals surface area contributed by atoms with E-state index in [4.69, 9.17) is 10.5 Å². The van der Waals surface area contributed by atoms with Crippen LogP contribution < -0.4 is 4.90 Å². The molecule has 1 amide bonds. The summed E-state index contributed by atoms with van der Waals surface area (Å²) in [7, 11) is 0. The van der Waals surface area contributed by atoms with Crippen molar-refractivity contribution in [3.05, 3.63) is 34.6 Å². The summed E-state index contributed by atoms with van der Waals surface area (Å²) in [5.41, 5.74) is 12.3. The van der Waals surface area contributed by atoms with Gasteiger partial charge in [-0.25, -0.2) is 4.79 Å². The van der Waals surface area contributed by atoms with E-state index in [9.17, 15) is 4.79 Å². The van der Waals surface area contributed by atoms with E-state index in [2.05, 4.69) is 26.0 Å². The van der Waals surface area contributed by atoms with Crippen LogP contribution in [0, 0.1) is 57.9 Å². The van der Waals surface area contributed by atoms with Crippen molar-refractivity contribution in [3.8, 4) is 0 Å². The molecule has 2 heterocycles. The van der Waals surface area contributed by atoms with Crippen molar-refractivity contribution in [3.63, 3.8) is 0 Å².